The molecule has 1 aromatic carbocycles. The van der Waals surface area contributed by atoms with E-state index >= 15 is 0 Å². The van der Waals surface area contributed by atoms with Gasteiger partial charge in [0.25, 0.3) is 5.91 Å². The molecule has 6 nitrogen and oxygen atoms in total. The van der Waals surface area contributed by atoms with Crippen LogP contribution in [0.25, 0.3) is 0 Å². The van der Waals surface area contributed by atoms with Crippen LogP contribution in [0.1, 0.15) is 36.2 Å². The third kappa shape index (κ3) is 3.14. The van der Waals surface area contributed by atoms with Crippen LogP contribution in [0.5, 0.6) is 0 Å². The first-order valence-corrected chi connectivity index (χ1v) is 6.30. The molecule has 0 atom stereocenters. The number of nitrogens with one attached hydrogen (secondary N) is 2. The van der Waals surface area contributed by atoms with Crippen molar-refractivity contribution in [2.75, 3.05) is 5.32 Å². The van der Waals surface area contributed by atoms with Gasteiger partial charge in [-0.1, -0.05) is 6.07 Å². The number of carbonyl (C=O) groups is 3. The summed E-state index contributed by atoms with van der Waals surface area (Å²) in [7, 11) is 0. The smallest absolute Gasteiger partial charge is 0.251 e. The molecule has 0 aromatic heterocycles. The van der Waals surface area contributed by atoms with Gasteiger partial charge in [-0.2, -0.15) is 0 Å². The van der Waals surface area contributed by atoms with E-state index in [1.165, 1.54) is 0 Å². The maximum Gasteiger partial charge on any atom is 0.251 e. The second kappa shape index (κ2) is 4.96. The van der Waals surface area contributed by atoms with Crippen molar-refractivity contribution in [3.8, 4) is 0 Å². The van der Waals surface area contributed by atoms with Gasteiger partial charge in [-0.15, -0.1) is 0 Å². The van der Waals surface area contributed by atoms with Crippen molar-refractivity contribution in [1.82, 2.24) is 5.32 Å². The highest BCUT2D eigenvalue weighted by atomic mass is 16.2. The summed E-state index contributed by atoms with van der Waals surface area (Å²) in [6.07, 6.45) is 0.394. The number of primary amides is 1. The number of nitrogens with two attached hydrogens (primary N) is 1. The van der Waals surface area contributed by atoms with E-state index in [2.05, 4.69) is 10.6 Å². The molecule has 0 saturated carbocycles. The average molecular weight is 275 g/mol. The highest BCUT2D eigenvalue weighted by Crippen LogP contribution is 2.24. The monoisotopic (exact) mass is 275 g/mol. The van der Waals surface area contributed by atoms with Gasteiger partial charge in [0.15, 0.2) is 0 Å². The maximum absolute atomic E-state index is 12.1. The summed E-state index contributed by atoms with van der Waals surface area (Å²) in [4.78, 5) is 34.4. The lowest BCUT2D eigenvalue weighted by Crippen LogP contribution is -2.46. The second-order valence-corrected chi connectivity index (χ2v) is 5.58. The Morgan fingerprint density at radius 2 is 2.10 bits per heavy atom. The van der Waals surface area contributed by atoms with Crippen molar-refractivity contribution in [3.63, 3.8) is 0 Å². The van der Waals surface area contributed by atoms with Crippen molar-refractivity contribution >= 4 is 23.4 Å². The molecule has 0 bridgehead atoms. The molecule has 6 heteroatoms. The summed E-state index contributed by atoms with van der Waals surface area (Å²) < 4.78 is 0. The predicted octanol–water partition coefficient (Wildman–Crippen LogP) is 0.565. The minimum Gasteiger partial charge on any atom is -0.370 e. The van der Waals surface area contributed by atoms with Crippen LogP contribution >= 0.6 is 0 Å². The SMILES string of the molecule is CC(C)(CC(N)=O)NC(=O)c1ccc2c(c1)NC(=O)C2. The van der Waals surface area contributed by atoms with Gasteiger partial charge in [-0.05, 0) is 31.5 Å². The van der Waals surface area contributed by atoms with E-state index in [0.717, 1.165) is 5.56 Å². The van der Waals surface area contributed by atoms with Gasteiger partial charge in [0.05, 0.1) is 6.42 Å². The van der Waals surface area contributed by atoms with Gasteiger partial charge in [-0.3, -0.25) is 14.4 Å². The fourth-order valence-corrected chi connectivity index (χ4v) is 2.21. The van der Waals surface area contributed by atoms with Gasteiger partial charge in [0.1, 0.15) is 0 Å². The zero-order chi connectivity index (χ0) is 14.9. The Labute approximate surface area is 116 Å². The Morgan fingerprint density at radius 3 is 2.75 bits per heavy atom. The molecular formula is C14H17N3O3. The normalized spacial score (nSPS) is 13.6. The van der Waals surface area contributed by atoms with E-state index in [4.69, 9.17) is 5.73 Å². The Kier molecular flexibility index (Phi) is 3.48. The molecular weight excluding hydrogens is 258 g/mol. The van der Waals surface area contributed by atoms with Crippen LogP contribution in [-0.4, -0.2) is 23.3 Å². The largest absolute Gasteiger partial charge is 0.370 e. The van der Waals surface area contributed by atoms with E-state index in [1.54, 1.807) is 32.0 Å². The zero-order valence-corrected chi connectivity index (χ0v) is 11.4. The minimum atomic E-state index is -0.717. The van der Waals surface area contributed by atoms with Crippen LogP contribution < -0.4 is 16.4 Å². The summed E-state index contributed by atoms with van der Waals surface area (Å²) in [6, 6.07) is 5.05. The van der Waals surface area contributed by atoms with Crippen molar-refractivity contribution in [2.45, 2.75) is 32.2 Å². The number of rotatable bonds is 4. The Hall–Kier alpha value is -2.37. The van der Waals surface area contributed by atoms with Gasteiger partial charge >= 0.3 is 0 Å². The van der Waals surface area contributed by atoms with E-state index in [9.17, 15) is 14.4 Å². The van der Waals surface area contributed by atoms with Crippen molar-refractivity contribution in [3.05, 3.63) is 29.3 Å². The third-order valence-corrected chi connectivity index (χ3v) is 3.07. The van der Waals surface area contributed by atoms with Crippen LogP contribution in [0.4, 0.5) is 5.69 Å². The lowest BCUT2D eigenvalue weighted by atomic mass is 9.99. The molecule has 0 aliphatic carbocycles. The molecule has 0 radical (unpaired) electrons. The molecule has 1 aliphatic heterocycles. The highest BCUT2D eigenvalue weighted by molar-refractivity contribution is 6.02. The molecule has 3 amide bonds. The van der Waals surface area contributed by atoms with E-state index in [0.29, 0.717) is 17.7 Å². The van der Waals surface area contributed by atoms with Gasteiger partial charge in [0.2, 0.25) is 11.8 Å². The average Bonchev–Trinajstić information content (AvgIpc) is 2.64. The number of anilines is 1. The van der Waals surface area contributed by atoms with Crippen LogP contribution in [0.2, 0.25) is 0 Å². The molecule has 1 aromatic rings. The summed E-state index contributed by atoms with van der Waals surface area (Å²) in [6.45, 7) is 3.45. The quantitative estimate of drug-likeness (QED) is 0.748. The molecule has 0 unspecified atom stereocenters. The molecule has 20 heavy (non-hydrogen) atoms. The number of benzene rings is 1. The van der Waals surface area contributed by atoms with Crippen molar-refractivity contribution in [1.29, 1.82) is 0 Å². The Bertz CT molecular complexity index is 593. The van der Waals surface area contributed by atoms with Gasteiger partial charge in [0, 0.05) is 23.2 Å². The summed E-state index contributed by atoms with van der Waals surface area (Å²) in [5, 5.41) is 5.45. The summed E-state index contributed by atoms with van der Waals surface area (Å²) in [5.74, 6) is -0.858. The lowest BCUT2D eigenvalue weighted by Gasteiger charge is -2.24. The molecule has 0 saturated heterocycles. The zero-order valence-electron chi connectivity index (χ0n) is 11.4. The molecule has 0 fully saturated rings. The molecule has 0 spiro atoms. The van der Waals surface area contributed by atoms with Crippen LogP contribution in [0.15, 0.2) is 18.2 Å². The lowest BCUT2D eigenvalue weighted by molar-refractivity contribution is -0.119. The third-order valence-electron chi connectivity index (χ3n) is 3.07. The predicted molar refractivity (Wildman–Crippen MR) is 74.1 cm³/mol. The number of hydrogen-bond acceptors (Lipinski definition) is 3. The van der Waals surface area contributed by atoms with Crippen LogP contribution in [-0.2, 0) is 16.0 Å². The fourth-order valence-electron chi connectivity index (χ4n) is 2.21. The van der Waals surface area contributed by atoms with E-state index < -0.39 is 11.4 Å². The number of fused-ring (bicyclic) bond motifs is 1. The summed E-state index contributed by atoms with van der Waals surface area (Å²) >= 11 is 0. The molecule has 1 heterocycles. The maximum atomic E-state index is 12.1. The number of carbonyl (C=O) groups excluding carboxylic acids is 3. The highest BCUT2D eigenvalue weighted by Gasteiger charge is 2.25. The fraction of sp³-hybridized carbons (Fsp3) is 0.357. The van der Waals surface area contributed by atoms with Crippen LogP contribution in [0.3, 0.4) is 0 Å². The van der Waals surface area contributed by atoms with Crippen LogP contribution in [0, 0.1) is 0 Å². The molecule has 4 N–H and O–H groups in total. The summed E-state index contributed by atoms with van der Waals surface area (Å²) in [5.41, 5.74) is 6.40. The molecule has 106 valence electrons. The number of amides is 3. The molecule has 2 rings (SSSR count). The first-order valence-electron chi connectivity index (χ1n) is 6.30. The van der Waals surface area contributed by atoms with Gasteiger partial charge in [-0.25, -0.2) is 0 Å². The standard InChI is InChI=1S/C14H17N3O3/c1-14(2,7-11(15)18)17-13(20)9-4-3-8-6-12(19)16-10(8)5-9/h3-5H,6-7H2,1-2H3,(H2,15,18)(H,16,19)(H,17,20). The first kappa shape index (κ1) is 14.0. The first-order chi connectivity index (χ1) is 9.27. The minimum absolute atomic E-state index is 0.0560. The number of hydrogen-bond donors (Lipinski definition) is 3. The van der Waals surface area contributed by atoms with Crippen molar-refractivity contribution in [2.24, 2.45) is 5.73 Å². The Morgan fingerprint density at radius 1 is 1.40 bits per heavy atom. The van der Waals surface area contributed by atoms with Crippen molar-refractivity contribution < 1.29 is 14.4 Å². The second-order valence-electron chi connectivity index (χ2n) is 5.58. The van der Waals surface area contributed by atoms with E-state index in [1.807, 2.05) is 0 Å². The van der Waals surface area contributed by atoms with E-state index in [-0.39, 0.29) is 18.2 Å². The topological polar surface area (TPSA) is 101 Å². The van der Waals surface area contributed by atoms with Gasteiger partial charge < -0.3 is 16.4 Å². The Balaban J connectivity index is 2.13. The molecule has 1 aliphatic rings.